The van der Waals surface area contributed by atoms with Gasteiger partial charge in [0.2, 0.25) is 0 Å². The van der Waals surface area contributed by atoms with Crippen molar-refractivity contribution in [1.29, 1.82) is 0 Å². The molecule has 3 rings (SSSR count). The molecular formula is C26H29NO5S. The van der Waals surface area contributed by atoms with Crippen LogP contribution in [0, 0.1) is 13.8 Å². The summed E-state index contributed by atoms with van der Waals surface area (Å²) in [6.45, 7) is 3.85. The standard InChI is InChI=1S/C26H29NO5S/c1-16-7-5-6-8-19(16)21-15-18(24(31-3)23-12-9-17(2)32-23)10-11-20(21)25(28)27-22(26(29)30)13-14-33-4/h5-12,15,22,24H,13-14H2,1-4H3,(H,27,28)(H,29,30). The number of carbonyl (C=O) groups excluding carboxylic acids is 1. The number of furan rings is 1. The maximum absolute atomic E-state index is 13.2. The highest BCUT2D eigenvalue weighted by atomic mass is 32.2. The van der Waals surface area contributed by atoms with Crippen LogP contribution < -0.4 is 5.32 Å². The monoisotopic (exact) mass is 467 g/mol. The Morgan fingerprint density at radius 3 is 2.45 bits per heavy atom. The molecule has 1 amide bonds. The Bertz CT molecular complexity index is 1120. The first-order valence-corrected chi connectivity index (χ1v) is 12.1. The SMILES string of the molecule is COC(c1ccc(C(=O)NC(CCSC)C(=O)O)c(-c2ccccc2C)c1)c1ccc(C)o1. The molecule has 0 aliphatic rings. The van der Waals surface area contributed by atoms with Crippen LogP contribution in [-0.4, -0.2) is 42.1 Å². The first-order chi connectivity index (χ1) is 15.8. The van der Waals surface area contributed by atoms with E-state index < -0.39 is 24.0 Å². The molecule has 0 saturated carbocycles. The number of hydrogen-bond acceptors (Lipinski definition) is 5. The lowest BCUT2D eigenvalue weighted by atomic mass is 9.92. The van der Waals surface area contributed by atoms with E-state index in [4.69, 9.17) is 9.15 Å². The molecule has 174 valence electrons. The molecule has 0 aliphatic carbocycles. The second-order valence-corrected chi connectivity index (χ2v) is 8.82. The number of ether oxygens (including phenoxy) is 1. The Balaban J connectivity index is 2.05. The van der Waals surface area contributed by atoms with E-state index in [0.29, 0.717) is 29.1 Å². The molecule has 3 aromatic rings. The summed E-state index contributed by atoms with van der Waals surface area (Å²) in [7, 11) is 1.61. The van der Waals surface area contributed by atoms with Crippen molar-refractivity contribution in [3.8, 4) is 11.1 Å². The van der Waals surface area contributed by atoms with E-state index in [1.54, 1.807) is 24.9 Å². The third kappa shape index (κ3) is 5.86. The van der Waals surface area contributed by atoms with Gasteiger partial charge in [-0.3, -0.25) is 4.79 Å². The molecule has 0 aliphatic heterocycles. The third-order valence-corrected chi connectivity index (χ3v) is 6.14. The van der Waals surface area contributed by atoms with Gasteiger partial charge in [0.1, 0.15) is 23.7 Å². The molecule has 7 heteroatoms. The molecule has 2 unspecified atom stereocenters. The fraction of sp³-hybridized carbons (Fsp3) is 0.308. The van der Waals surface area contributed by atoms with Crippen molar-refractivity contribution in [2.75, 3.05) is 19.1 Å². The van der Waals surface area contributed by atoms with E-state index in [-0.39, 0.29) is 0 Å². The molecule has 0 fully saturated rings. The van der Waals surface area contributed by atoms with Crippen molar-refractivity contribution in [2.45, 2.75) is 32.4 Å². The molecule has 0 radical (unpaired) electrons. The fourth-order valence-corrected chi connectivity index (χ4v) is 4.23. The maximum atomic E-state index is 13.2. The second-order valence-electron chi connectivity index (χ2n) is 7.83. The van der Waals surface area contributed by atoms with Crippen molar-refractivity contribution < 1.29 is 23.8 Å². The van der Waals surface area contributed by atoms with Gasteiger partial charge >= 0.3 is 5.97 Å². The van der Waals surface area contributed by atoms with Crippen LogP contribution in [-0.2, 0) is 9.53 Å². The molecule has 2 N–H and O–H groups in total. The van der Waals surface area contributed by atoms with Gasteiger partial charge in [-0.25, -0.2) is 4.79 Å². The van der Waals surface area contributed by atoms with Gasteiger partial charge in [-0.05, 0) is 78.8 Å². The summed E-state index contributed by atoms with van der Waals surface area (Å²) in [4.78, 5) is 24.9. The van der Waals surface area contributed by atoms with Crippen molar-refractivity contribution in [3.63, 3.8) is 0 Å². The Morgan fingerprint density at radius 2 is 1.85 bits per heavy atom. The van der Waals surface area contributed by atoms with Gasteiger partial charge in [0.25, 0.3) is 5.91 Å². The van der Waals surface area contributed by atoms with E-state index in [1.165, 1.54) is 0 Å². The largest absolute Gasteiger partial charge is 0.480 e. The van der Waals surface area contributed by atoms with Crippen LogP contribution in [0.5, 0.6) is 0 Å². The topological polar surface area (TPSA) is 88.8 Å². The molecule has 1 aromatic heterocycles. The minimum atomic E-state index is -1.04. The van der Waals surface area contributed by atoms with Gasteiger partial charge < -0.3 is 19.6 Å². The highest BCUT2D eigenvalue weighted by Gasteiger charge is 2.24. The van der Waals surface area contributed by atoms with Gasteiger partial charge in [0, 0.05) is 12.7 Å². The maximum Gasteiger partial charge on any atom is 0.326 e. The minimum absolute atomic E-state index is 0.351. The molecule has 1 heterocycles. The molecule has 0 bridgehead atoms. The lowest BCUT2D eigenvalue weighted by Gasteiger charge is -2.19. The van der Waals surface area contributed by atoms with Gasteiger partial charge in [-0.2, -0.15) is 11.8 Å². The van der Waals surface area contributed by atoms with Crippen LogP contribution in [0.3, 0.4) is 0 Å². The fourth-order valence-electron chi connectivity index (χ4n) is 3.76. The number of thioether (sulfide) groups is 1. The van der Waals surface area contributed by atoms with Gasteiger partial charge in [-0.15, -0.1) is 0 Å². The van der Waals surface area contributed by atoms with Gasteiger partial charge in [0.15, 0.2) is 0 Å². The quantitative estimate of drug-likeness (QED) is 0.424. The minimum Gasteiger partial charge on any atom is -0.480 e. The second kappa shape index (κ2) is 11.2. The Hall–Kier alpha value is -3.03. The number of nitrogens with one attached hydrogen (secondary N) is 1. The Labute approximate surface area is 198 Å². The number of carbonyl (C=O) groups is 2. The normalized spacial score (nSPS) is 12.8. The number of hydrogen-bond donors (Lipinski definition) is 2. The summed E-state index contributed by atoms with van der Waals surface area (Å²) in [5.41, 5.74) is 3.85. The zero-order chi connectivity index (χ0) is 24.0. The number of rotatable bonds is 10. The van der Waals surface area contributed by atoms with Crippen molar-refractivity contribution in [2.24, 2.45) is 0 Å². The van der Waals surface area contributed by atoms with Crippen LogP contribution in [0.15, 0.2) is 59.0 Å². The van der Waals surface area contributed by atoms with Crippen molar-refractivity contribution in [1.82, 2.24) is 5.32 Å². The van der Waals surface area contributed by atoms with Crippen molar-refractivity contribution >= 4 is 23.6 Å². The number of carboxylic acids is 1. The third-order valence-electron chi connectivity index (χ3n) is 5.50. The smallest absolute Gasteiger partial charge is 0.326 e. The Morgan fingerprint density at radius 1 is 1.09 bits per heavy atom. The lowest BCUT2D eigenvalue weighted by Crippen LogP contribution is -2.41. The number of methoxy groups -OCH3 is 1. The van der Waals surface area contributed by atoms with E-state index in [0.717, 1.165) is 22.5 Å². The van der Waals surface area contributed by atoms with Crippen LogP contribution in [0.1, 0.15) is 45.5 Å². The predicted molar refractivity (Wildman–Crippen MR) is 131 cm³/mol. The van der Waals surface area contributed by atoms with E-state index in [9.17, 15) is 14.7 Å². The number of aryl methyl sites for hydroxylation is 2. The summed E-state index contributed by atoms with van der Waals surface area (Å²) in [5, 5.41) is 12.2. The molecule has 0 spiro atoms. The van der Waals surface area contributed by atoms with Crippen LogP contribution in [0.4, 0.5) is 0 Å². The van der Waals surface area contributed by atoms with Crippen LogP contribution in [0.2, 0.25) is 0 Å². The number of benzene rings is 2. The van der Waals surface area contributed by atoms with Crippen molar-refractivity contribution in [3.05, 3.63) is 82.8 Å². The van der Waals surface area contributed by atoms with Crippen LogP contribution >= 0.6 is 11.8 Å². The van der Waals surface area contributed by atoms with E-state index in [2.05, 4.69) is 5.32 Å². The summed E-state index contributed by atoms with van der Waals surface area (Å²) < 4.78 is 11.5. The predicted octanol–water partition coefficient (Wildman–Crippen LogP) is 5.24. The zero-order valence-electron chi connectivity index (χ0n) is 19.3. The molecule has 0 saturated heterocycles. The molecule has 2 aromatic carbocycles. The van der Waals surface area contributed by atoms with E-state index >= 15 is 0 Å². The van der Waals surface area contributed by atoms with Gasteiger partial charge in [0.05, 0.1) is 0 Å². The van der Waals surface area contributed by atoms with E-state index in [1.807, 2.05) is 68.6 Å². The molecule has 33 heavy (non-hydrogen) atoms. The average Bonchev–Trinajstić information content (AvgIpc) is 3.22. The number of aliphatic carboxylic acids is 1. The lowest BCUT2D eigenvalue weighted by molar-refractivity contribution is -0.139. The zero-order valence-corrected chi connectivity index (χ0v) is 20.1. The van der Waals surface area contributed by atoms with Crippen LogP contribution in [0.25, 0.3) is 11.1 Å². The number of amides is 1. The first kappa shape index (κ1) is 24.6. The Kier molecular flexibility index (Phi) is 8.36. The highest BCUT2D eigenvalue weighted by Crippen LogP contribution is 2.33. The highest BCUT2D eigenvalue weighted by molar-refractivity contribution is 7.98. The molecule has 2 atom stereocenters. The summed E-state index contributed by atoms with van der Waals surface area (Å²) in [6.07, 6.45) is 1.82. The molecule has 6 nitrogen and oxygen atoms in total. The number of carboxylic acid groups (broad SMARTS) is 1. The average molecular weight is 468 g/mol. The molecular weight excluding hydrogens is 438 g/mol. The van der Waals surface area contributed by atoms with Gasteiger partial charge in [-0.1, -0.05) is 30.3 Å². The summed E-state index contributed by atoms with van der Waals surface area (Å²) in [6, 6.07) is 16.1. The summed E-state index contributed by atoms with van der Waals surface area (Å²) in [5.74, 6) is 0.632. The first-order valence-electron chi connectivity index (χ1n) is 10.7. The summed E-state index contributed by atoms with van der Waals surface area (Å²) >= 11 is 1.54.